The van der Waals surface area contributed by atoms with Crippen LogP contribution in [0.1, 0.15) is 45.0 Å². The van der Waals surface area contributed by atoms with Gasteiger partial charge in [0.05, 0.1) is 0 Å². The molecule has 0 aromatic heterocycles. The Bertz CT molecular complexity index is 763. The third kappa shape index (κ3) is 2.05. The number of benzene rings is 2. The third-order valence-electron chi connectivity index (χ3n) is 5.53. The fourth-order valence-corrected chi connectivity index (χ4v) is 4.03. The quantitative estimate of drug-likeness (QED) is 0.794. The average molecular weight is 293 g/mol. The van der Waals surface area contributed by atoms with Crippen LogP contribution in [0.3, 0.4) is 0 Å². The van der Waals surface area contributed by atoms with Gasteiger partial charge in [-0.05, 0) is 78.6 Å². The lowest BCUT2D eigenvalue weighted by atomic mass is 9.82. The molecule has 2 aliphatic heterocycles. The van der Waals surface area contributed by atoms with Gasteiger partial charge in [0.1, 0.15) is 5.75 Å². The van der Waals surface area contributed by atoms with Crippen LogP contribution in [0.2, 0.25) is 0 Å². The minimum absolute atomic E-state index is 0.440. The van der Waals surface area contributed by atoms with Gasteiger partial charge in [-0.3, -0.25) is 4.90 Å². The maximum absolute atomic E-state index is 9.98. The Balaban J connectivity index is 1.79. The van der Waals surface area contributed by atoms with Gasteiger partial charge in [0.15, 0.2) is 0 Å². The first-order valence-corrected chi connectivity index (χ1v) is 8.18. The van der Waals surface area contributed by atoms with E-state index in [1.54, 1.807) is 0 Å². The van der Waals surface area contributed by atoms with Crippen molar-refractivity contribution in [3.8, 4) is 5.75 Å². The van der Waals surface area contributed by atoms with Gasteiger partial charge in [0, 0.05) is 19.1 Å². The summed E-state index contributed by atoms with van der Waals surface area (Å²) in [5, 5.41) is 9.98. The molecule has 1 unspecified atom stereocenters. The molecular weight excluding hydrogens is 270 g/mol. The van der Waals surface area contributed by atoms with Crippen LogP contribution >= 0.6 is 0 Å². The Hall–Kier alpha value is -1.80. The second kappa shape index (κ2) is 4.85. The average Bonchev–Trinajstić information content (AvgIpc) is 2.48. The Morgan fingerprint density at radius 2 is 1.64 bits per heavy atom. The molecule has 0 saturated carbocycles. The van der Waals surface area contributed by atoms with Crippen molar-refractivity contribution in [3.05, 3.63) is 63.2 Å². The van der Waals surface area contributed by atoms with Crippen LogP contribution in [0.25, 0.3) is 0 Å². The number of nitrogens with zero attached hydrogens (tertiary/aromatic N) is 1. The van der Waals surface area contributed by atoms with Gasteiger partial charge in [-0.1, -0.05) is 18.2 Å². The highest BCUT2D eigenvalue weighted by molar-refractivity contribution is 5.47. The van der Waals surface area contributed by atoms with Gasteiger partial charge in [-0.2, -0.15) is 0 Å². The molecular formula is C20H23NO. The Kier molecular flexibility index (Phi) is 3.05. The van der Waals surface area contributed by atoms with Crippen molar-refractivity contribution >= 4 is 0 Å². The lowest BCUT2D eigenvalue weighted by Crippen LogP contribution is -2.39. The number of fused-ring (bicyclic) bond motifs is 4. The molecule has 2 heteroatoms. The minimum Gasteiger partial charge on any atom is -0.508 e. The van der Waals surface area contributed by atoms with E-state index in [1.807, 2.05) is 13.0 Å². The predicted octanol–water partition coefficient (Wildman–Crippen LogP) is 3.97. The second-order valence-electron chi connectivity index (χ2n) is 6.98. The molecule has 1 atom stereocenters. The zero-order valence-electron chi connectivity index (χ0n) is 13.6. The molecule has 1 N–H and O–H groups in total. The summed E-state index contributed by atoms with van der Waals surface area (Å²) in [6.45, 7) is 8.56. The molecule has 2 aromatic carbocycles. The van der Waals surface area contributed by atoms with Crippen molar-refractivity contribution in [2.75, 3.05) is 6.54 Å². The number of rotatable bonds is 0. The van der Waals surface area contributed by atoms with Crippen LogP contribution in [-0.2, 0) is 19.4 Å². The number of hydrogen-bond donors (Lipinski definition) is 1. The summed E-state index contributed by atoms with van der Waals surface area (Å²) in [7, 11) is 0. The number of aryl methyl sites for hydroxylation is 3. The van der Waals surface area contributed by atoms with E-state index < -0.39 is 0 Å². The van der Waals surface area contributed by atoms with Crippen molar-refractivity contribution in [3.63, 3.8) is 0 Å². The molecule has 2 heterocycles. The standard InChI is InChI=1S/C20H23NO/c1-12-6-16-9-19-18-8-14(3)20(22)10-15(18)4-5-21(19)11-17(16)7-13(12)2/h6-8,10,19,22H,4-5,9,11H2,1-3H3. The zero-order valence-corrected chi connectivity index (χ0v) is 13.6. The molecule has 2 aliphatic rings. The monoisotopic (exact) mass is 293 g/mol. The van der Waals surface area contributed by atoms with Crippen molar-refractivity contribution in [1.82, 2.24) is 4.90 Å². The molecule has 0 amide bonds. The summed E-state index contributed by atoms with van der Waals surface area (Å²) < 4.78 is 0. The molecule has 2 aromatic rings. The SMILES string of the molecule is Cc1cc2c(cc1C)CN1CCc3cc(O)c(C)cc3C1C2. The summed E-state index contributed by atoms with van der Waals surface area (Å²) >= 11 is 0. The number of phenolic OH excluding ortho intramolecular Hbond substituents is 1. The fraction of sp³-hybridized carbons (Fsp3) is 0.400. The van der Waals surface area contributed by atoms with E-state index in [4.69, 9.17) is 0 Å². The first-order valence-electron chi connectivity index (χ1n) is 8.18. The molecule has 0 saturated heterocycles. The van der Waals surface area contributed by atoms with Crippen LogP contribution in [0.15, 0.2) is 24.3 Å². The highest BCUT2D eigenvalue weighted by Crippen LogP contribution is 2.40. The number of phenols is 1. The molecule has 114 valence electrons. The summed E-state index contributed by atoms with van der Waals surface area (Å²) in [6, 6.07) is 9.41. The van der Waals surface area contributed by atoms with Crippen molar-refractivity contribution in [2.24, 2.45) is 0 Å². The predicted molar refractivity (Wildman–Crippen MR) is 89.3 cm³/mol. The molecule has 0 fully saturated rings. The Morgan fingerprint density at radius 3 is 2.41 bits per heavy atom. The van der Waals surface area contributed by atoms with Gasteiger partial charge in [-0.25, -0.2) is 0 Å². The van der Waals surface area contributed by atoms with E-state index in [0.29, 0.717) is 11.8 Å². The molecule has 4 rings (SSSR count). The van der Waals surface area contributed by atoms with Crippen LogP contribution in [0.4, 0.5) is 0 Å². The number of aromatic hydroxyl groups is 1. The fourth-order valence-electron chi connectivity index (χ4n) is 4.03. The second-order valence-corrected chi connectivity index (χ2v) is 6.98. The molecule has 0 spiro atoms. The van der Waals surface area contributed by atoms with E-state index in [-0.39, 0.29) is 0 Å². The first kappa shape index (κ1) is 13.8. The summed E-state index contributed by atoms with van der Waals surface area (Å²) in [4.78, 5) is 2.61. The van der Waals surface area contributed by atoms with E-state index in [1.165, 1.54) is 33.4 Å². The molecule has 0 bridgehead atoms. The molecule has 0 aliphatic carbocycles. The first-order chi connectivity index (χ1) is 10.5. The largest absolute Gasteiger partial charge is 0.508 e. The highest BCUT2D eigenvalue weighted by atomic mass is 16.3. The Labute approximate surface area is 132 Å². The molecule has 0 radical (unpaired) electrons. The molecule has 22 heavy (non-hydrogen) atoms. The lowest BCUT2D eigenvalue weighted by molar-refractivity contribution is 0.160. The van der Waals surface area contributed by atoms with Crippen LogP contribution in [0, 0.1) is 20.8 Å². The smallest absolute Gasteiger partial charge is 0.118 e. The summed E-state index contributed by atoms with van der Waals surface area (Å²) in [5.74, 6) is 0.440. The van der Waals surface area contributed by atoms with E-state index in [2.05, 4.69) is 36.9 Å². The minimum atomic E-state index is 0.440. The summed E-state index contributed by atoms with van der Waals surface area (Å²) in [5.41, 5.74) is 9.54. The van der Waals surface area contributed by atoms with Gasteiger partial charge in [0.2, 0.25) is 0 Å². The topological polar surface area (TPSA) is 23.5 Å². The number of hydrogen-bond acceptors (Lipinski definition) is 2. The van der Waals surface area contributed by atoms with Crippen LogP contribution in [0.5, 0.6) is 5.75 Å². The zero-order chi connectivity index (χ0) is 15.4. The Morgan fingerprint density at radius 1 is 0.909 bits per heavy atom. The van der Waals surface area contributed by atoms with Crippen LogP contribution < -0.4 is 0 Å². The van der Waals surface area contributed by atoms with Crippen LogP contribution in [-0.4, -0.2) is 16.6 Å². The van der Waals surface area contributed by atoms with Gasteiger partial charge >= 0.3 is 0 Å². The lowest BCUT2D eigenvalue weighted by Gasteiger charge is -2.42. The maximum Gasteiger partial charge on any atom is 0.118 e. The van der Waals surface area contributed by atoms with Crippen molar-refractivity contribution in [2.45, 2.75) is 46.2 Å². The van der Waals surface area contributed by atoms with Gasteiger partial charge in [-0.15, -0.1) is 0 Å². The summed E-state index contributed by atoms with van der Waals surface area (Å²) in [6.07, 6.45) is 2.13. The van der Waals surface area contributed by atoms with Crippen molar-refractivity contribution < 1.29 is 5.11 Å². The maximum atomic E-state index is 9.98. The van der Waals surface area contributed by atoms with Crippen molar-refractivity contribution in [1.29, 1.82) is 0 Å². The van der Waals surface area contributed by atoms with E-state index in [0.717, 1.165) is 31.5 Å². The normalized spacial score (nSPS) is 20.2. The van der Waals surface area contributed by atoms with E-state index >= 15 is 0 Å². The van der Waals surface area contributed by atoms with Gasteiger partial charge < -0.3 is 5.11 Å². The third-order valence-corrected chi connectivity index (χ3v) is 5.53. The van der Waals surface area contributed by atoms with E-state index in [9.17, 15) is 5.11 Å². The van der Waals surface area contributed by atoms with Gasteiger partial charge in [0.25, 0.3) is 0 Å². The highest BCUT2D eigenvalue weighted by Gasteiger charge is 2.32. The molecule has 2 nitrogen and oxygen atoms in total.